The van der Waals surface area contributed by atoms with Crippen molar-refractivity contribution in [3.63, 3.8) is 0 Å². The number of nitriles is 2. The monoisotopic (exact) mass is 353 g/mol. The van der Waals surface area contributed by atoms with Crippen molar-refractivity contribution in [3.05, 3.63) is 52.5 Å². The molecule has 0 atom stereocenters. The second-order valence-electron chi connectivity index (χ2n) is 5.69. The second kappa shape index (κ2) is 7.62. The maximum absolute atomic E-state index is 9.34. The lowest BCUT2D eigenvalue weighted by atomic mass is 10.1. The molecule has 0 spiro atoms. The lowest BCUT2D eigenvalue weighted by Gasteiger charge is -2.30. The predicted octanol–water partition coefficient (Wildman–Crippen LogP) is 5.22. The third-order valence-corrected chi connectivity index (χ3v) is 5.38. The molecule has 5 heteroatoms. The average Bonchev–Trinajstić information content (AvgIpc) is 2.64. The summed E-state index contributed by atoms with van der Waals surface area (Å²) in [5, 5.41) is 19.4. The van der Waals surface area contributed by atoms with Gasteiger partial charge in [0.25, 0.3) is 0 Å². The van der Waals surface area contributed by atoms with Crippen molar-refractivity contribution in [2.75, 3.05) is 18.0 Å². The lowest BCUT2D eigenvalue weighted by Crippen LogP contribution is -2.29. The number of hydrogen-bond donors (Lipinski definition) is 0. The molecule has 1 fully saturated rings. The van der Waals surface area contributed by atoms with Gasteiger partial charge in [-0.1, -0.05) is 23.4 Å². The summed E-state index contributed by atoms with van der Waals surface area (Å²) in [6, 6.07) is 15.6. The molecular formula is C19H16ClN3S. The van der Waals surface area contributed by atoms with Crippen molar-refractivity contribution in [2.24, 2.45) is 0 Å². The molecule has 0 saturated carbocycles. The van der Waals surface area contributed by atoms with Crippen LogP contribution in [0.25, 0.3) is 0 Å². The van der Waals surface area contributed by atoms with Crippen LogP contribution in [0.4, 0.5) is 5.69 Å². The van der Waals surface area contributed by atoms with E-state index >= 15 is 0 Å². The van der Waals surface area contributed by atoms with E-state index in [0.717, 1.165) is 41.4 Å². The molecule has 3 rings (SSSR count). The van der Waals surface area contributed by atoms with E-state index in [1.807, 2.05) is 36.4 Å². The fraction of sp³-hybridized carbons (Fsp3) is 0.263. The molecule has 2 aromatic carbocycles. The van der Waals surface area contributed by atoms with E-state index in [9.17, 15) is 10.5 Å². The molecule has 120 valence electrons. The van der Waals surface area contributed by atoms with Crippen LogP contribution in [0.15, 0.2) is 46.2 Å². The lowest BCUT2D eigenvalue weighted by molar-refractivity contribution is 0.575. The number of piperidine rings is 1. The third kappa shape index (κ3) is 3.67. The molecule has 1 aliphatic heterocycles. The Labute approximate surface area is 151 Å². The molecule has 0 radical (unpaired) electrons. The number of hydrogen-bond acceptors (Lipinski definition) is 4. The molecule has 1 aliphatic rings. The predicted molar refractivity (Wildman–Crippen MR) is 97.5 cm³/mol. The van der Waals surface area contributed by atoms with E-state index in [0.29, 0.717) is 16.1 Å². The van der Waals surface area contributed by atoms with Crippen LogP contribution in [0.1, 0.15) is 30.4 Å². The minimum Gasteiger partial charge on any atom is -0.371 e. The molecule has 3 nitrogen and oxygen atoms in total. The Kier molecular flexibility index (Phi) is 5.30. The van der Waals surface area contributed by atoms with Crippen molar-refractivity contribution in [2.45, 2.75) is 29.1 Å². The molecule has 0 aromatic heterocycles. The van der Waals surface area contributed by atoms with Gasteiger partial charge in [-0.3, -0.25) is 0 Å². The van der Waals surface area contributed by atoms with E-state index < -0.39 is 0 Å². The Morgan fingerprint density at radius 3 is 2.17 bits per heavy atom. The first-order valence-corrected chi connectivity index (χ1v) is 9.07. The number of benzene rings is 2. The number of halogens is 1. The van der Waals surface area contributed by atoms with E-state index in [4.69, 9.17) is 11.6 Å². The standard InChI is InChI=1S/C19H16ClN3S/c20-16-4-6-17(7-5-16)24-19-11-15(13-22)14(12-21)10-18(19)23-8-2-1-3-9-23/h4-7,10-11H,1-3,8-9H2. The average molecular weight is 354 g/mol. The fourth-order valence-corrected chi connectivity index (χ4v) is 3.97. The Morgan fingerprint density at radius 1 is 0.917 bits per heavy atom. The van der Waals surface area contributed by atoms with Gasteiger partial charge in [-0.05, 0) is 55.7 Å². The Balaban J connectivity index is 2.02. The summed E-state index contributed by atoms with van der Waals surface area (Å²) in [5.41, 5.74) is 1.92. The van der Waals surface area contributed by atoms with Gasteiger partial charge in [0.15, 0.2) is 0 Å². The van der Waals surface area contributed by atoms with Crippen molar-refractivity contribution in [3.8, 4) is 12.1 Å². The number of rotatable bonds is 3. The zero-order chi connectivity index (χ0) is 16.9. The van der Waals surface area contributed by atoms with Gasteiger partial charge in [-0.25, -0.2) is 0 Å². The van der Waals surface area contributed by atoms with Gasteiger partial charge in [0.2, 0.25) is 0 Å². The van der Waals surface area contributed by atoms with Crippen LogP contribution in [0.5, 0.6) is 0 Å². The van der Waals surface area contributed by atoms with Gasteiger partial charge in [0.1, 0.15) is 12.1 Å². The normalized spacial score (nSPS) is 14.0. The first-order valence-electron chi connectivity index (χ1n) is 7.88. The van der Waals surface area contributed by atoms with Crippen LogP contribution in [0.2, 0.25) is 5.02 Å². The van der Waals surface area contributed by atoms with Gasteiger partial charge in [0, 0.05) is 27.9 Å². The summed E-state index contributed by atoms with van der Waals surface area (Å²) in [6.45, 7) is 1.98. The summed E-state index contributed by atoms with van der Waals surface area (Å²) >= 11 is 7.56. The van der Waals surface area contributed by atoms with Crippen molar-refractivity contribution < 1.29 is 0 Å². The minimum atomic E-state index is 0.426. The van der Waals surface area contributed by atoms with Gasteiger partial charge in [0.05, 0.1) is 16.8 Å². The van der Waals surface area contributed by atoms with Crippen LogP contribution in [-0.4, -0.2) is 13.1 Å². The zero-order valence-corrected chi connectivity index (χ0v) is 14.7. The molecule has 0 bridgehead atoms. The topological polar surface area (TPSA) is 50.8 Å². The molecule has 0 aliphatic carbocycles. The van der Waals surface area contributed by atoms with Gasteiger partial charge < -0.3 is 4.90 Å². The number of anilines is 1. The highest BCUT2D eigenvalue weighted by molar-refractivity contribution is 7.99. The van der Waals surface area contributed by atoms with Crippen molar-refractivity contribution in [1.82, 2.24) is 0 Å². The van der Waals surface area contributed by atoms with Crippen LogP contribution in [0, 0.1) is 22.7 Å². The largest absolute Gasteiger partial charge is 0.371 e. The molecule has 1 heterocycles. The summed E-state index contributed by atoms with van der Waals surface area (Å²) in [4.78, 5) is 4.39. The minimum absolute atomic E-state index is 0.426. The maximum atomic E-state index is 9.34. The highest BCUT2D eigenvalue weighted by Gasteiger charge is 2.18. The third-order valence-electron chi connectivity index (χ3n) is 4.08. The smallest absolute Gasteiger partial charge is 0.101 e. The molecule has 2 aromatic rings. The highest BCUT2D eigenvalue weighted by atomic mass is 35.5. The van der Waals surface area contributed by atoms with Crippen LogP contribution < -0.4 is 4.90 Å². The SMILES string of the molecule is N#Cc1cc(Sc2ccc(Cl)cc2)c(N2CCCCC2)cc1C#N. The van der Waals surface area contributed by atoms with E-state index in [1.165, 1.54) is 6.42 Å². The van der Waals surface area contributed by atoms with Gasteiger partial charge >= 0.3 is 0 Å². The molecule has 0 N–H and O–H groups in total. The Hall–Kier alpha value is -2.14. The van der Waals surface area contributed by atoms with Crippen molar-refractivity contribution in [1.29, 1.82) is 10.5 Å². The fourth-order valence-electron chi connectivity index (χ4n) is 2.85. The van der Waals surface area contributed by atoms with E-state index in [2.05, 4.69) is 17.0 Å². The van der Waals surface area contributed by atoms with E-state index in [-0.39, 0.29) is 0 Å². The number of nitrogens with zero attached hydrogens (tertiary/aromatic N) is 3. The molecular weight excluding hydrogens is 338 g/mol. The molecule has 0 amide bonds. The maximum Gasteiger partial charge on any atom is 0.101 e. The van der Waals surface area contributed by atoms with E-state index in [1.54, 1.807) is 11.8 Å². The summed E-state index contributed by atoms with van der Waals surface area (Å²) < 4.78 is 0. The molecule has 24 heavy (non-hydrogen) atoms. The van der Waals surface area contributed by atoms with Gasteiger partial charge in [-0.2, -0.15) is 10.5 Å². The van der Waals surface area contributed by atoms with Crippen molar-refractivity contribution >= 4 is 29.1 Å². The highest BCUT2D eigenvalue weighted by Crippen LogP contribution is 2.38. The zero-order valence-electron chi connectivity index (χ0n) is 13.1. The second-order valence-corrected chi connectivity index (χ2v) is 7.24. The summed E-state index contributed by atoms with van der Waals surface area (Å²) in [7, 11) is 0. The Bertz CT molecular complexity index is 812. The quantitative estimate of drug-likeness (QED) is 0.758. The van der Waals surface area contributed by atoms with Crippen LogP contribution in [-0.2, 0) is 0 Å². The summed E-state index contributed by atoms with van der Waals surface area (Å²) in [6.07, 6.45) is 3.57. The van der Waals surface area contributed by atoms with Crippen LogP contribution >= 0.6 is 23.4 Å². The first-order chi connectivity index (χ1) is 11.7. The van der Waals surface area contributed by atoms with Crippen LogP contribution in [0.3, 0.4) is 0 Å². The summed E-state index contributed by atoms with van der Waals surface area (Å²) in [5.74, 6) is 0. The molecule has 0 unspecified atom stereocenters. The van der Waals surface area contributed by atoms with Gasteiger partial charge in [-0.15, -0.1) is 0 Å². The molecule has 1 saturated heterocycles. The first kappa shape index (κ1) is 16.7. The Morgan fingerprint density at radius 2 is 1.54 bits per heavy atom.